The highest BCUT2D eigenvalue weighted by molar-refractivity contribution is 9.10. The Bertz CT molecular complexity index is 415. The molecule has 0 aromatic heterocycles. The molecule has 0 bridgehead atoms. The lowest BCUT2D eigenvalue weighted by Gasteiger charge is -2.17. The topological polar surface area (TPSA) is 60.0 Å². The number of benzene rings is 1. The molecule has 0 spiro atoms. The zero-order valence-corrected chi connectivity index (χ0v) is 14.2. The number of hydrogen-bond acceptors (Lipinski definition) is 5. The van der Waals surface area contributed by atoms with Crippen molar-refractivity contribution in [3.05, 3.63) is 22.2 Å². The zero-order chi connectivity index (χ0) is 15.5. The van der Waals surface area contributed by atoms with Gasteiger partial charge in [0.15, 0.2) is 11.5 Å². The van der Waals surface area contributed by atoms with Crippen molar-refractivity contribution in [3.63, 3.8) is 0 Å². The van der Waals surface area contributed by atoms with Gasteiger partial charge in [0.25, 0.3) is 0 Å². The Kier molecular flexibility index (Phi) is 9.41. The normalized spacial score (nSPS) is 10.7. The smallest absolute Gasteiger partial charge is 0.166 e. The Morgan fingerprint density at radius 2 is 2.05 bits per heavy atom. The number of halogens is 1. The van der Waals surface area contributed by atoms with E-state index in [0.717, 1.165) is 28.0 Å². The Balaban J connectivity index is 2.65. The molecule has 0 saturated heterocycles. The quantitative estimate of drug-likeness (QED) is 0.592. The van der Waals surface area contributed by atoms with Gasteiger partial charge in [-0.2, -0.15) is 0 Å². The summed E-state index contributed by atoms with van der Waals surface area (Å²) < 4.78 is 17.4. The van der Waals surface area contributed by atoms with Crippen molar-refractivity contribution >= 4 is 15.9 Å². The van der Waals surface area contributed by atoms with Gasteiger partial charge in [-0.25, -0.2) is 0 Å². The molecule has 1 rings (SSSR count). The van der Waals surface area contributed by atoms with Crippen LogP contribution in [0.15, 0.2) is 16.6 Å². The van der Waals surface area contributed by atoms with Gasteiger partial charge in [0.2, 0.25) is 0 Å². The van der Waals surface area contributed by atoms with Crippen LogP contribution in [0.1, 0.15) is 18.9 Å². The van der Waals surface area contributed by atoms with Gasteiger partial charge in [-0.3, -0.25) is 0 Å². The van der Waals surface area contributed by atoms with Crippen molar-refractivity contribution in [2.45, 2.75) is 19.9 Å². The summed E-state index contributed by atoms with van der Waals surface area (Å²) in [5.41, 5.74) is 1.03. The van der Waals surface area contributed by atoms with Crippen molar-refractivity contribution in [2.24, 2.45) is 0 Å². The molecule has 1 aromatic rings. The predicted octanol–water partition coefficient (Wildman–Crippen LogP) is 2.35. The first-order chi connectivity index (χ1) is 10.2. The molecular weight excluding hydrogens is 338 g/mol. The number of nitrogens with one attached hydrogen (secondary N) is 1. The molecular formula is C15H24BrNO4. The molecule has 0 aliphatic rings. The zero-order valence-electron chi connectivity index (χ0n) is 12.7. The predicted molar refractivity (Wildman–Crippen MR) is 86.1 cm³/mol. The Morgan fingerprint density at radius 3 is 2.71 bits per heavy atom. The number of rotatable bonds is 11. The van der Waals surface area contributed by atoms with E-state index in [1.54, 1.807) is 7.11 Å². The number of hydrogen-bond donors (Lipinski definition) is 2. The van der Waals surface area contributed by atoms with E-state index in [2.05, 4.69) is 28.2 Å². The number of aliphatic hydroxyl groups excluding tert-OH is 1. The molecule has 1 aromatic carbocycles. The van der Waals surface area contributed by atoms with Crippen LogP contribution in [0.25, 0.3) is 0 Å². The van der Waals surface area contributed by atoms with Gasteiger partial charge < -0.3 is 24.6 Å². The molecule has 0 amide bonds. The summed E-state index contributed by atoms with van der Waals surface area (Å²) in [6.45, 7) is 5.07. The van der Waals surface area contributed by atoms with Gasteiger partial charge in [0.05, 0.1) is 33.5 Å². The number of ether oxygens (including phenoxy) is 3. The van der Waals surface area contributed by atoms with Crippen LogP contribution in [0.2, 0.25) is 0 Å². The summed E-state index contributed by atoms with van der Waals surface area (Å²) >= 11 is 3.56. The van der Waals surface area contributed by atoms with Crippen LogP contribution in [-0.2, 0) is 11.3 Å². The van der Waals surface area contributed by atoms with Crippen LogP contribution in [0.4, 0.5) is 0 Å². The molecule has 6 heteroatoms. The monoisotopic (exact) mass is 361 g/mol. The summed E-state index contributed by atoms with van der Waals surface area (Å²) in [6.07, 6.45) is 0.942. The van der Waals surface area contributed by atoms with E-state index in [0.29, 0.717) is 32.9 Å². The van der Waals surface area contributed by atoms with E-state index in [1.165, 1.54) is 0 Å². The first-order valence-corrected chi connectivity index (χ1v) is 7.91. The van der Waals surface area contributed by atoms with E-state index in [-0.39, 0.29) is 6.61 Å². The second kappa shape index (κ2) is 10.8. The van der Waals surface area contributed by atoms with Gasteiger partial charge in [-0.15, -0.1) is 0 Å². The second-order valence-electron chi connectivity index (χ2n) is 4.42. The van der Waals surface area contributed by atoms with E-state index < -0.39 is 0 Å². The molecule has 0 heterocycles. The van der Waals surface area contributed by atoms with Crippen LogP contribution in [-0.4, -0.2) is 45.2 Å². The minimum Gasteiger partial charge on any atom is -0.493 e. The summed E-state index contributed by atoms with van der Waals surface area (Å²) in [4.78, 5) is 0. The average Bonchev–Trinajstić information content (AvgIpc) is 2.50. The lowest BCUT2D eigenvalue weighted by atomic mass is 10.2. The van der Waals surface area contributed by atoms with Crippen molar-refractivity contribution in [1.29, 1.82) is 0 Å². The first-order valence-electron chi connectivity index (χ1n) is 7.12. The highest BCUT2D eigenvalue weighted by Crippen LogP contribution is 2.36. The van der Waals surface area contributed by atoms with Crippen molar-refractivity contribution < 1.29 is 19.3 Å². The molecule has 0 radical (unpaired) electrons. The van der Waals surface area contributed by atoms with Gasteiger partial charge in [-0.1, -0.05) is 22.9 Å². The van der Waals surface area contributed by atoms with Crippen LogP contribution in [0, 0.1) is 0 Å². The third kappa shape index (κ3) is 6.22. The molecule has 21 heavy (non-hydrogen) atoms. The average molecular weight is 362 g/mol. The maximum Gasteiger partial charge on any atom is 0.166 e. The van der Waals surface area contributed by atoms with Crippen molar-refractivity contribution in [1.82, 2.24) is 5.32 Å². The highest BCUT2D eigenvalue weighted by atomic mass is 79.9. The molecule has 0 saturated carbocycles. The maximum atomic E-state index is 8.63. The summed E-state index contributed by atoms with van der Waals surface area (Å²) in [6, 6.07) is 3.85. The van der Waals surface area contributed by atoms with E-state index in [1.807, 2.05) is 12.1 Å². The molecule has 0 fully saturated rings. The number of aliphatic hydroxyl groups is 1. The van der Waals surface area contributed by atoms with Gasteiger partial charge in [-0.05, 0) is 18.6 Å². The van der Waals surface area contributed by atoms with Crippen molar-refractivity contribution in [2.75, 3.05) is 40.1 Å². The van der Waals surface area contributed by atoms with E-state index in [4.69, 9.17) is 19.3 Å². The summed E-state index contributed by atoms with van der Waals surface area (Å²) in [7, 11) is 1.64. The fourth-order valence-electron chi connectivity index (χ4n) is 1.79. The maximum absolute atomic E-state index is 8.63. The molecule has 0 aliphatic heterocycles. The Morgan fingerprint density at radius 1 is 1.24 bits per heavy atom. The minimum absolute atomic E-state index is 0.0520. The molecule has 0 atom stereocenters. The van der Waals surface area contributed by atoms with Crippen LogP contribution in [0.5, 0.6) is 11.5 Å². The summed E-state index contributed by atoms with van der Waals surface area (Å²) in [5, 5.41) is 11.9. The SMILES string of the molecule is CCCOc1c(OC)ccc(Br)c1CNCCOCCO. The highest BCUT2D eigenvalue weighted by Gasteiger charge is 2.14. The van der Waals surface area contributed by atoms with Crippen LogP contribution >= 0.6 is 15.9 Å². The largest absolute Gasteiger partial charge is 0.493 e. The van der Waals surface area contributed by atoms with Gasteiger partial charge >= 0.3 is 0 Å². The van der Waals surface area contributed by atoms with E-state index in [9.17, 15) is 0 Å². The molecule has 2 N–H and O–H groups in total. The van der Waals surface area contributed by atoms with Gasteiger partial charge in [0, 0.05) is 23.1 Å². The summed E-state index contributed by atoms with van der Waals surface area (Å²) in [5.74, 6) is 1.51. The van der Waals surface area contributed by atoms with Crippen LogP contribution in [0.3, 0.4) is 0 Å². The van der Waals surface area contributed by atoms with Crippen LogP contribution < -0.4 is 14.8 Å². The standard InChI is InChI=1S/C15H24BrNO4/c1-3-8-21-15-12(11-17-6-9-20-10-7-18)13(16)4-5-14(15)19-2/h4-5,17-18H,3,6-11H2,1-2H3. The molecule has 5 nitrogen and oxygen atoms in total. The van der Waals surface area contributed by atoms with Gasteiger partial charge in [0.1, 0.15) is 0 Å². The fourth-order valence-corrected chi connectivity index (χ4v) is 2.25. The van der Waals surface area contributed by atoms with E-state index >= 15 is 0 Å². The molecule has 120 valence electrons. The number of methoxy groups -OCH3 is 1. The lowest BCUT2D eigenvalue weighted by molar-refractivity contribution is 0.0937. The minimum atomic E-state index is 0.0520. The molecule has 0 aliphatic carbocycles. The fraction of sp³-hybridized carbons (Fsp3) is 0.600. The third-order valence-electron chi connectivity index (χ3n) is 2.80. The second-order valence-corrected chi connectivity index (χ2v) is 5.27. The lowest BCUT2D eigenvalue weighted by Crippen LogP contribution is -2.21. The first kappa shape index (κ1) is 18.2. The Hall–Kier alpha value is -0.820. The third-order valence-corrected chi connectivity index (χ3v) is 3.54. The molecule has 0 unspecified atom stereocenters. The Labute approximate surface area is 134 Å². The van der Waals surface area contributed by atoms with Crippen molar-refractivity contribution in [3.8, 4) is 11.5 Å².